The molecular weight excluding hydrogens is 502 g/mol. The number of carbonyl (C=O) groups is 2. The molecule has 168 valence electrons. The van der Waals surface area contributed by atoms with Crippen molar-refractivity contribution in [1.29, 1.82) is 0 Å². The molecule has 4 rings (SSSR count). The highest BCUT2D eigenvalue weighted by molar-refractivity contribution is 9.10. The van der Waals surface area contributed by atoms with E-state index in [9.17, 15) is 9.59 Å². The highest BCUT2D eigenvalue weighted by atomic mass is 79.9. The molecule has 0 aliphatic carbocycles. The van der Waals surface area contributed by atoms with Gasteiger partial charge in [0.1, 0.15) is 6.61 Å². The molecule has 1 aliphatic rings. The molecule has 33 heavy (non-hydrogen) atoms. The maximum atomic E-state index is 12.9. The molecule has 1 aliphatic heterocycles. The third-order valence-electron chi connectivity index (χ3n) is 5.26. The van der Waals surface area contributed by atoms with Crippen molar-refractivity contribution in [1.82, 2.24) is 4.90 Å². The molecule has 0 unspecified atom stereocenters. The molecule has 5 nitrogen and oxygen atoms in total. The maximum absolute atomic E-state index is 12.9. The van der Waals surface area contributed by atoms with Crippen molar-refractivity contribution in [2.75, 3.05) is 7.11 Å². The third-order valence-corrected chi connectivity index (χ3v) is 6.69. The molecule has 0 aromatic heterocycles. The number of hydrogen-bond donors (Lipinski definition) is 0. The summed E-state index contributed by atoms with van der Waals surface area (Å²) in [6.07, 6.45) is 1.71. The van der Waals surface area contributed by atoms with E-state index in [0.29, 0.717) is 23.0 Å². The number of benzene rings is 3. The smallest absolute Gasteiger partial charge is 0.293 e. The van der Waals surface area contributed by atoms with Crippen LogP contribution in [0.2, 0.25) is 0 Å². The molecule has 1 fully saturated rings. The standard InChI is InChI=1S/C26H22BrNO4S/c1-17-5-3-4-6-20(17)15-28-25(29)24(33-26(28)30)14-19-9-12-22(23(13-19)31-2)32-16-18-7-10-21(27)11-8-18/h3-14H,15-16H2,1-2H3/b24-14-. The lowest BCUT2D eigenvalue weighted by Crippen LogP contribution is -2.27. The number of rotatable bonds is 7. The molecule has 2 amide bonds. The zero-order chi connectivity index (χ0) is 23.4. The van der Waals surface area contributed by atoms with E-state index in [1.54, 1.807) is 25.3 Å². The highest BCUT2D eigenvalue weighted by Crippen LogP contribution is 2.35. The number of thioether (sulfide) groups is 1. The van der Waals surface area contributed by atoms with Crippen LogP contribution >= 0.6 is 27.7 Å². The number of aryl methyl sites for hydroxylation is 1. The Bertz CT molecular complexity index is 1220. The average Bonchev–Trinajstić information content (AvgIpc) is 3.07. The fourth-order valence-electron chi connectivity index (χ4n) is 3.38. The summed E-state index contributed by atoms with van der Waals surface area (Å²) < 4.78 is 12.4. The number of ether oxygens (including phenoxy) is 2. The van der Waals surface area contributed by atoms with E-state index in [4.69, 9.17) is 9.47 Å². The number of amides is 2. The zero-order valence-corrected chi connectivity index (χ0v) is 20.6. The summed E-state index contributed by atoms with van der Waals surface area (Å²) in [5.41, 5.74) is 3.79. The van der Waals surface area contributed by atoms with Gasteiger partial charge in [-0.1, -0.05) is 58.4 Å². The van der Waals surface area contributed by atoms with Crippen molar-refractivity contribution in [2.45, 2.75) is 20.1 Å². The summed E-state index contributed by atoms with van der Waals surface area (Å²) in [5, 5.41) is -0.268. The molecule has 0 bridgehead atoms. The van der Waals surface area contributed by atoms with E-state index in [1.807, 2.05) is 61.5 Å². The molecule has 3 aromatic rings. The van der Waals surface area contributed by atoms with Crippen molar-refractivity contribution in [2.24, 2.45) is 0 Å². The number of methoxy groups -OCH3 is 1. The van der Waals surface area contributed by atoms with Gasteiger partial charge in [0.05, 0.1) is 18.6 Å². The summed E-state index contributed by atoms with van der Waals surface area (Å²) in [7, 11) is 1.57. The lowest BCUT2D eigenvalue weighted by atomic mass is 10.1. The van der Waals surface area contributed by atoms with Crippen LogP contribution in [0.4, 0.5) is 4.79 Å². The highest BCUT2D eigenvalue weighted by Gasteiger charge is 2.35. The first-order chi connectivity index (χ1) is 15.9. The van der Waals surface area contributed by atoms with Crippen molar-refractivity contribution in [3.05, 3.63) is 98.4 Å². The van der Waals surface area contributed by atoms with Crippen LogP contribution in [0.15, 0.2) is 76.1 Å². The van der Waals surface area contributed by atoms with Gasteiger partial charge < -0.3 is 9.47 Å². The maximum Gasteiger partial charge on any atom is 0.293 e. The van der Waals surface area contributed by atoms with Gasteiger partial charge in [-0.25, -0.2) is 0 Å². The minimum Gasteiger partial charge on any atom is -0.493 e. The number of halogens is 1. The van der Waals surface area contributed by atoms with E-state index >= 15 is 0 Å². The molecule has 1 saturated heterocycles. The van der Waals surface area contributed by atoms with E-state index in [0.717, 1.165) is 38.5 Å². The van der Waals surface area contributed by atoms with Gasteiger partial charge in [0.15, 0.2) is 11.5 Å². The Balaban J connectivity index is 1.49. The monoisotopic (exact) mass is 523 g/mol. The minimum atomic E-state index is -0.289. The normalized spacial score (nSPS) is 14.8. The van der Waals surface area contributed by atoms with Crippen LogP contribution in [0.3, 0.4) is 0 Å². The summed E-state index contributed by atoms with van der Waals surface area (Å²) in [6.45, 7) is 2.64. The van der Waals surface area contributed by atoms with Crippen LogP contribution in [0.5, 0.6) is 11.5 Å². The number of imide groups is 1. The second-order valence-corrected chi connectivity index (χ2v) is 9.43. The quantitative estimate of drug-likeness (QED) is 0.327. The molecule has 1 heterocycles. The Kier molecular flexibility index (Phi) is 7.20. The van der Waals surface area contributed by atoms with E-state index in [2.05, 4.69) is 15.9 Å². The summed E-state index contributed by atoms with van der Waals surface area (Å²) in [4.78, 5) is 27.1. The van der Waals surface area contributed by atoms with Crippen LogP contribution in [-0.2, 0) is 17.9 Å². The Morgan fingerprint density at radius 2 is 1.76 bits per heavy atom. The van der Waals surface area contributed by atoms with Gasteiger partial charge in [-0.3, -0.25) is 14.5 Å². The van der Waals surface area contributed by atoms with Gasteiger partial charge >= 0.3 is 0 Å². The molecule has 7 heteroatoms. The van der Waals surface area contributed by atoms with Crippen molar-refractivity contribution >= 4 is 44.9 Å². The lowest BCUT2D eigenvalue weighted by molar-refractivity contribution is -0.123. The Labute approximate surface area is 205 Å². The first-order valence-electron chi connectivity index (χ1n) is 10.3. The Hall–Kier alpha value is -3.03. The molecule has 0 radical (unpaired) electrons. The van der Waals surface area contributed by atoms with Crippen LogP contribution in [0, 0.1) is 6.92 Å². The number of nitrogens with zero attached hydrogens (tertiary/aromatic N) is 1. The van der Waals surface area contributed by atoms with Gasteiger partial charge in [0.25, 0.3) is 11.1 Å². The van der Waals surface area contributed by atoms with Crippen molar-refractivity contribution in [3.63, 3.8) is 0 Å². The van der Waals surface area contributed by atoms with Crippen molar-refractivity contribution in [3.8, 4) is 11.5 Å². The van der Waals surface area contributed by atoms with Gasteiger partial charge in [-0.15, -0.1) is 0 Å². The molecule has 0 saturated carbocycles. The molecular formula is C26H22BrNO4S. The first-order valence-corrected chi connectivity index (χ1v) is 11.9. The molecule has 0 atom stereocenters. The number of hydrogen-bond acceptors (Lipinski definition) is 5. The van der Waals surface area contributed by atoms with Crippen LogP contribution in [-0.4, -0.2) is 23.2 Å². The van der Waals surface area contributed by atoms with Gasteiger partial charge in [0.2, 0.25) is 0 Å². The second-order valence-electron chi connectivity index (χ2n) is 7.52. The fraction of sp³-hybridized carbons (Fsp3) is 0.154. The van der Waals surface area contributed by atoms with Crippen LogP contribution < -0.4 is 9.47 Å². The SMILES string of the molecule is COc1cc(/C=C2\SC(=O)N(Cc3ccccc3C)C2=O)ccc1OCc1ccc(Br)cc1. The minimum absolute atomic E-state index is 0.265. The zero-order valence-electron chi connectivity index (χ0n) is 18.2. The number of carbonyl (C=O) groups excluding carboxylic acids is 2. The summed E-state index contributed by atoms with van der Waals surface area (Å²) >= 11 is 4.37. The summed E-state index contributed by atoms with van der Waals surface area (Å²) in [5.74, 6) is 0.869. The lowest BCUT2D eigenvalue weighted by Gasteiger charge is -2.14. The first kappa shape index (κ1) is 23.1. The van der Waals surface area contributed by atoms with Gasteiger partial charge in [-0.05, 0) is 71.3 Å². The Morgan fingerprint density at radius 1 is 1.00 bits per heavy atom. The Morgan fingerprint density at radius 3 is 2.48 bits per heavy atom. The average molecular weight is 524 g/mol. The molecule has 0 N–H and O–H groups in total. The fourth-order valence-corrected chi connectivity index (χ4v) is 4.48. The van der Waals surface area contributed by atoms with Crippen molar-refractivity contribution < 1.29 is 19.1 Å². The van der Waals surface area contributed by atoms with Gasteiger partial charge in [0, 0.05) is 4.47 Å². The predicted octanol–water partition coefficient (Wildman–Crippen LogP) is 6.58. The van der Waals surface area contributed by atoms with Crippen LogP contribution in [0.1, 0.15) is 22.3 Å². The van der Waals surface area contributed by atoms with E-state index in [-0.39, 0.29) is 17.7 Å². The van der Waals surface area contributed by atoms with E-state index < -0.39 is 0 Å². The topological polar surface area (TPSA) is 55.8 Å². The third kappa shape index (κ3) is 5.49. The second kappa shape index (κ2) is 10.3. The van der Waals surface area contributed by atoms with E-state index in [1.165, 1.54) is 4.90 Å². The van der Waals surface area contributed by atoms with Gasteiger partial charge in [-0.2, -0.15) is 0 Å². The molecule has 0 spiro atoms. The largest absolute Gasteiger partial charge is 0.493 e. The molecule has 3 aromatic carbocycles. The predicted molar refractivity (Wildman–Crippen MR) is 134 cm³/mol. The van der Waals surface area contributed by atoms with Crippen LogP contribution in [0.25, 0.3) is 6.08 Å². The summed E-state index contributed by atoms with van der Waals surface area (Å²) in [6, 6.07) is 21.1.